The van der Waals surface area contributed by atoms with E-state index >= 15 is 0 Å². The summed E-state index contributed by atoms with van der Waals surface area (Å²) in [6.07, 6.45) is 4.22. The van der Waals surface area contributed by atoms with Crippen LogP contribution in [0, 0.1) is 26.3 Å². The van der Waals surface area contributed by atoms with Crippen LogP contribution in [0.5, 0.6) is 0 Å². The molecule has 160 valence electrons. The van der Waals surface area contributed by atoms with Crippen molar-refractivity contribution in [1.82, 2.24) is 9.36 Å². The quantitative estimate of drug-likeness (QED) is 0.509. The Hall–Kier alpha value is -2.66. The molecule has 0 bridgehead atoms. The molecule has 0 saturated carbocycles. The molecule has 2 aromatic rings. The zero-order valence-corrected chi connectivity index (χ0v) is 19.1. The topological polar surface area (TPSA) is 71.7 Å². The number of ether oxygens (including phenoxy) is 1. The minimum absolute atomic E-state index is 0.143. The Morgan fingerprint density at radius 1 is 1.43 bits per heavy atom. The number of hydrogen-bond acceptors (Lipinski definition) is 7. The second kappa shape index (κ2) is 9.00. The van der Waals surface area contributed by atoms with Crippen molar-refractivity contribution < 1.29 is 9.53 Å². The van der Waals surface area contributed by atoms with Gasteiger partial charge in [0.25, 0.3) is 5.82 Å². The standard InChI is InChI=1S/C22H29N5O2S/c1-14-10-18(30-26-14)25-20-15(2)17(12-24-21(20)23-6)27-9-7-8-16(13-27)11-19(28)29-22(3,4)5/h10,12,16,25H,7-9,11,13H2,1-5H3/t16-/m0/s1. The molecule has 0 unspecified atom stereocenters. The summed E-state index contributed by atoms with van der Waals surface area (Å²) in [5.74, 6) is 0.453. The highest BCUT2D eigenvalue weighted by Crippen LogP contribution is 2.38. The van der Waals surface area contributed by atoms with Crippen LogP contribution in [0.2, 0.25) is 0 Å². The number of carbonyl (C=O) groups is 1. The fourth-order valence-corrected chi connectivity index (χ4v) is 4.41. The van der Waals surface area contributed by atoms with Crippen molar-refractivity contribution in [3.8, 4) is 0 Å². The van der Waals surface area contributed by atoms with Crippen LogP contribution < -0.4 is 10.2 Å². The minimum atomic E-state index is -0.461. The van der Waals surface area contributed by atoms with E-state index in [2.05, 4.69) is 24.4 Å². The van der Waals surface area contributed by atoms with E-state index < -0.39 is 5.60 Å². The first-order chi connectivity index (χ1) is 14.2. The average molecular weight is 428 g/mol. The maximum absolute atomic E-state index is 12.3. The molecule has 8 heteroatoms. The molecule has 1 saturated heterocycles. The Morgan fingerprint density at radius 3 is 2.83 bits per heavy atom. The maximum Gasteiger partial charge on any atom is 0.306 e. The van der Waals surface area contributed by atoms with Crippen LogP contribution >= 0.6 is 11.5 Å². The Morgan fingerprint density at radius 2 is 2.20 bits per heavy atom. The first kappa shape index (κ1) is 22.0. The largest absolute Gasteiger partial charge is 0.460 e. The van der Waals surface area contributed by atoms with Crippen LogP contribution in [0.3, 0.4) is 0 Å². The third-order valence-electron chi connectivity index (χ3n) is 5.01. The minimum Gasteiger partial charge on any atom is -0.460 e. The van der Waals surface area contributed by atoms with E-state index in [4.69, 9.17) is 11.3 Å². The molecule has 1 aliphatic rings. The zero-order chi connectivity index (χ0) is 21.9. The van der Waals surface area contributed by atoms with Crippen LogP contribution in [0.4, 0.5) is 22.2 Å². The summed E-state index contributed by atoms with van der Waals surface area (Å²) in [7, 11) is 0. The number of piperidine rings is 1. The molecule has 1 N–H and O–H groups in total. The van der Waals surface area contributed by atoms with Crippen LogP contribution in [-0.4, -0.2) is 34.0 Å². The van der Waals surface area contributed by atoms with Crippen molar-refractivity contribution in [2.75, 3.05) is 23.3 Å². The van der Waals surface area contributed by atoms with Gasteiger partial charge in [0.2, 0.25) is 0 Å². The lowest BCUT2D eigenvalue weighted by molar-refractivity contribution is -0.156. The predicted molar refractivity (Wildman–Crippen MR) is 121 cm³/mol. The average Bonchev–Trinajstić information content (AvgIpc) is 3.06. The van der Waals surface area contributed by atoms with Crippen molar-refractivity contribution in [3.63, 3.8) is 0 Å². The molecule has 0 amide bonds. The van der Waals surface area contributed by atoms with Gasteiger partial charge in [-0.05, 0) is 76.5 Å². The number of nitrogens with one attached hydrogen (secondary N) is 1. The molecule has 1 fully saturated rings. The van der Waals surface area contributed by atoms with E-state index in [1.54, 1.807) is 6.20 Å². The van der Waals surface area contributed by atoms with Crippen LogP contribution in [-0.2, 0) is 9.53 Å². The summed E-state index contributed by atoms with van der Waals surface area (Å²) < 4.78 is 9.81. The lowest BCUT2D eigenvalue weighted by Crippen LogP contribution is -2.37. The Bertz CT molecular complexity index is 957. The first-order valence-corrected chi connectivity index (χ1v) is 11.0. The van der Waals surface area contributed by atoms with Crippen molar-refractivity contribution in [2.24, 2.45) is 5.92 Å². The van der Waals surface area contributed by atoms with Crippen molar-refractivity contribution >= 4 is 39.7 Å². The Kier molecular flexibility index (Phi) is 6.61. The highest BCUT2D eigenvalue weighted by molar-refractivity contribution is 7.10. The predicted octanol–water partition coefficient (Wildman–Crippen LogP) is 5.40. The zero-order valence-electron chi connectivity index (χ0n) is 18.3. The van der Waals surface area contributed by atoms with E-state index in [-0.39, 0.29) is 11.9 Å². The summed E-state index contributed by atoms with van der Waals surface area (Å²) in [5, 5.41) is 4.23. The van der Waals surface area contributed by atoms with Gasteiger partial charge in [0.15, 0.2) is 0 Å². The number of esters is 1. The van der Waals surface area contributed by atoms with E-state index in [0.29, 0.717) is 12.2 Å². The van der Waals surface area contributed by atoms with Crippen LogP contribution in [0.25, 0.3) is 4.85 Å². The molecule has 0 radical (unpaired) electrons. The first-order valence-electron chi connectivity index (χ1n) is 10.2. The lowest BCUT2D eigenvalue weighted by atomic mass is 9.94. The Balaban J connectivity index is 1.78. The summed E-state index contributed by atoms with van der Waals surface area (Å²) in [6.45, 7) is 18.8. The van der Waals surface area contributed by atoms with E-state index in [1.807, 2.05) is 40.7 Å². The molecule has 1 atom stereocenters. The molecular weight excluding hydrogens is 398 g/mol. The number of carbonyl (C=O) groups excluding carboxylic acids is 1. The van der Waals surface area contributed by atoms with E-state index in [0.717, 1.165) is 53.6 Å². The summed E-state index contributed by atoms with van der Waals surface area (Å²) in [4.78, 5) is 22.5. The highest BCUT2D eigenvalue weighted by Gasteiger charge is 2.27. The van der Waals surface area contributed by atoms with Crippen LogP contribution in [0.15, 0.2) is 12.3 Å². The van der Waals surface area contributed by atoms with Gasteiger partial charge in [0.1, 0.15) is 16.8 Å². The number of anilines is 3. The van der Waals surface area contributed by atoms with Gasteiger partial charge in [0.05, 0.1) is 23.5 Å². The Labute approximate surface area is 182 Å². The van der Waals surface area contributed by atoms with Crippen LogP contribution in [0.1, 0.15) is 51.3 Å². The third-order valence-corrected chi connectivity index (χ3v) is 5.80. The van der Waals surface area contributed by atoms with Gasteiger partial charge in [-0.1, -0.05) is 6.57 Å². The molecule has 0 aliphatic carbocycles. The second-order valence-corrected chi connectivity index (χ2v) is 9.59. The molecule has 30 heavy (non-hydrogen) atoms. The van der Waals surface area contributed by atoms with Crippen molar-refractivity contribution in [2.45, 2.75) is 59.5 Å². The number of rotatable bonds is 5. The molecule has 2 aromatic heterocycles. The monoisotopic (exact) mass is 427 g/mol. The molecule has 3 rings (SSSR count). The van der Waals surface area contributed by atoms with E-state index in [9.17, 15) is 4.79 Å². The summed E-state index contributed by atoms with van der Waals surface area (Å²) in [6, 6.07) is 1.96. The lowest BCUT2D eigenvalue weighted by Gasteiger charge is -2.35. The van der Waals surface area contributed by atoms with Gasteiger partial charge < -0.3 is 19.8 Å². The van der Waals surface area contributed by atoms with Gasteiger partial charge >= 0.3 is 5.97 Å². The number of hydrogen-bond donors (Lipinski definition) is 1. The van der Waals surface area contributed by atoms with Gasteiger partial charge in [-0.25, -0.2) is 0 Å². The molecule has 0 aromatic carbocycles. The molecule has 1 aliphatic heterocycles. The third kappa shape index (κ3) is 5.48. The smallest absolute Gasteiger partial charge is 0.306 e. The van der Waals surface area contributed by atoms with Crippen molar-refractivity contribution in [1.29, 1.82) is 0 Å². The molecule has 7 nitrogen and oxygen atoms in total. The molecule has 3 heterocycles. The highest BCUT2D eigenvalue weighted by atomic mass is 32.1. The fraction of sp³-hybridized carbons (Fsp3) is 0.545. The number of nitrogens with zero attached hydrogens (tertiary/aromatic N) is 4. The van der Waals surface area contributed by atoms with Gasteiger partial charge in [-0.3, -0.25) is 4.79 Å². The number of aromatic nitrogens is 2. The summed E-state index contributed by atoms with van der Waals surface area (Å²) >= 11 is 1.37. The number of aryl methyl sites for hydroxylation is 1. The maximum atomic E-state index is 12.3. The van der Waals surface area contributed by atoms with Gasteiger partial charge in [0, 0.05) is 13.1 Å². The second-order valence-electron chi connectivity index (χ2n) is 8.78. The SMILES string of the molecule is [C-]#[N+]c1ncc(N2CCC[C@@H](CC(=O)OC(C)(C)C)C2)c(C)c1Nc1cc(C)ns1. The van der Waals surface area contributed by atoms with Gasteiger partial charge in [-0.15, -0.1) is 4.98 Å². The van der Waals surface area contributed by atoms with Crippen molar-refractivity contribution in [3.05, 3.63) is 34.9 Å². The molecular formula is C22H29N5O2S. The molecule has 0 spiro atoms. The number of pyridine rings is 1. The van der Waals surface area contributed by atoms with Gasteiger partial charge in [-0.2, -0.15) is 4.37 Å². The van der Waals surface area contributed by atoms with E-state index in [1.165, 1.54) is 11.5 Å². The fourth-order valence-electron chi connectivity index (χ4n) is 3.75. The normalized spacial score (nSPS) is 16.8. The summed E-state index contributed by atoms with van der Waals surface area (Å²) in [5.41, 5.74) is 3.19.